The molecule has 4 rings (SSSR count). The van der Waals surface area contributed by atoms with Crippen LogP contribution in [0.25, 0.3) is 0 Å². The first-order valence-corrected chi connectivity index (χ1v) is 10.5. The van der Waals surface area contributed by atoms with Gasteiger partial charge in [0, 0.05) is 44.4 Å². The van der Waals surface area contributed by atoms with Crippen LogP contribution < -0.4 is 9.64 Å². The van der Waals surface area contributed by atoms with Crippen LogP contribution in [0, 0.1) is 10.1 Å². The van der Waals surface area contributed by atoms with Crippen LogP contribution in [-0.2, 0) is 0 Å². The van der Waals surface area contributed by atoms with Gasteiger partial charge >= 0.3 is 0 Å². The maximum Gasteiger partial charge on any atom is 0.269 e. The normalized spacial score (nSPS) is 23.0. The molecule has 0 radical (unpaired) electrons. The molecule has 1 aliphatic heterocycles. The minimum absolute atomic E-state index is 0.176. The number of hydrogen-bond donors (Lipinski definition) is 0. The molecular formula is C23H29N3O3. The molecule has 154 valence electrons. The molecule has 2 fully saturated rings. The van der Waals surface area contributed by atoms with Gasteiger partial charge in [-0.3, -0.25) is 15.0 Å². The Morgan fingerprint density at radius 1 is 0.931 bits per heavy atom. The van der Waals surface area contributed by atoms with E-state index in [9.17, 15) is 10.1 Å². The van der Waals surface area contributed by atoms with Crippen molar-refractivity contribution in [1.29, 1.82) is 0 Å². The van der Waals surface area contributed by atoms with Crippen LogP contribution in [0.1, 0.15) is 37.2 Å². The van der Waals surface area contributed by atoms with Crippen molar-refractivity contribution in [3.8, 4) is 5.75 Å². The second-order valence-electron chi connectivity index (χ2n) is 8.05. The molecule has 1 heterocycles. The van der Waals surface area contributed by atoms with E-state index in [1.165, 1.54) is 24.1 Å². The average Bonchev–Trinajstić information content (AvgIpc) is 2.79. The van der Waals surface area contributed by atoms with Gasteiger partial charge in [0.25, 0.3) is 5.69 Å². The second-order valence-corrected chi connectivity index (χ2v) is 8.05. The highest BCUT2D eigenvalue weighted by Gasteiger charge is 2.29. The topological polar surface area (TPSA) is 58.8 Å². The van der Waals surface area contributed by atoms with E-state index in [0.29, 0.717) is 12.0 Å². The molecule has 1 aliphatic carbocycles. The summed E-state index contributed by atoms with van der Waals surface area (Å²) in [5, 5.41) is 10.8. The van der Waals surface area contributed by atoms with Crippen LogP contribution in [0.3, 0.4) is 0 Å². The molecule has 1 saturated carbocycles. The summed E-state index contributed by atoms with van der Waals surface area (Å²) >= 11 is 0. The van der Waals surface area contributed by atoms with Gasteiger partial charge in [-0.15, -0.1) is 0 Å². The van der Waals surface area contributed by atoms with Crippen molar-refractivity contribution < 1.29 is 9.66 Å². The van der Waals surface area contributed by atoms with Crippen molar-refractivity contribution in [3.05, 3.63) is 64.2 Å². The van der Waals surface area contributed by atoms with E-state index in [-0.39, 0.29) is 10.6 Å². The quantitative estimate of drug-likeness (QED) is 0.553. The number of hydrogen-bond acceptors (Lipinski definition) is 5. The summed E-state index contributed by atoms with van der Waals surface area (Å²) in [6.07, 6.45) is 4.73. The lowest BCUT2D eigenvalue weighted by Crippen LogP contribution is -2.51. The number of nitro benzene ring substituents is 1. The summed E-state index contributed by atoms with van der Waals surface area (Å²) in [5.74, 6) is 1.48. The Labute approximate surface area is 172 Å². The van der Waals surface area contributed by atoms with Crippen LogP contribution in [0.2, 0.25) is 0 Å². The summed E-state index contributed by atoms with van der Waals surface area (Å²) in [4.78, 5) is 15.6. The minimum atomic E-state index is -0.328. The molecule has 2 aliphatic rings. The van der Waals surface area contributed by atoms with Crippen molar-refractivity contribution in [3.63, 3.8) is 0 Å². The van der Waals surface area contributed by atoms with E-state index in [0.717, 1.165) is 44.8 Å². The molecule has 6 nitrogen and oxygen atoms in total. The van der Waals surface area contributed by atoms with Gasteiger partial charge in [0.15, 0.2) is 0 Å². The molecule has 0 spiro atoms. The summed E-state index contributed by atoms with van der Waals surface area (Å²) in [6.45, 7) is 4.24. The van der Waals surface area contributed by atoms with Gasteiger partial charge < -0.3 is 9.64 Å². The van der Waals surface area contributed by atoms with Gasteiger partial charge in [-0.2, -0.15) is 0 Å². The first-order chi connectivity index (χ1) is 14.2. The first kappa shape index (κ1) is 19.7. The molecule has 2 aromatic rings. The average molecular weight is 396 g/mol. The third-order valence-corrected chi connectivity index (χ3v) is 6.53. The van der Waals surface area contributed by atoms with E-state index in [1.807, 2.05) is 24.3 Å². The van der Waals surface area contributed by atoms with Crippen LogP contribution in [-0.4, -0.2) is 49.2 Å². The molecule has 2 aromatic carbocycles. The third kappa shape index (κ3) is 4.37. The van der Waals surface area contributed by atoms with Gasteiger partial charge in [-0.05, 0) is 49.3 Å². The van der Waals surface area contributed by atoms with Crippen molar-refractivity contribution >= 4 is 11.4 Å². The summed E-state index contributed by atoms with van der Waals surface area (Å²) in [6, 6.07) is 16.1. The van der Waals surface area contributed by atoms with Gasteiger partial charge in [-0.25, -0.2) is 0 Å². The zero-order chi connectivity index (χ0) is 20.2. The van der Waals surface area contributed by atoms with Crippen molar-refractivity contribution in [2.75, 3.05) is 38.2 Å². The summed E-state index contributed by atoms with van der Waals surface area (Å²) in [5.41, 5.74) is 2.61. The molecular weight excluding hydrogens is 366 g/mol. The van der Waals surface area contributed by atoms with E-state index in [4.69, 9.17) is 4.74 Å². The standard InChI is InChI=1S/C23H29N3O3/c1-29-23-5-3-2-4-22(23)25-16-14-24(15-17-25)20-10-6-18(7-11-20)19-8-12-21(13-9-19)26(27)28/h2-5,8-9,12-13,18,20H,6-7,10-11,14-17H2,1H3/t18-,20-. The van der Waals surface area contributed by atoms with Gasteiger partial charge in [0.2, 0.25) is 0 Å². The highest BCUT2D eigenvalue weighted by molar-refractivity contribution is 5.58. The molecule has 29 heavy (non-hydrogen) atoms. The van der Waals surface area contributed by atoms with Crippen molar-refractivity contribution in [2.45, 2.75) is 37.6 Å². The Bertz CT molecular complexity index is 824. The molecule has 0 aromatic heterocycles. The maximum atomic E-state index is 10.8. The van der Waals surface area contributed by atoms with Crippen LogP contribution in [0.5, 0.6) is 5.75 Å². The maximum absolute atomic E-state index is 10.8. The zero-order valence-corrected chi connectivity index (χ0v) is 17.0. The number of benzene rings is 2. The third-order valence-electron chi connectivity index (χ3n) is 6.53. The molecule has 1 saturated heterocycles. The number of rotatable bonds is 5. The van der Waals surface area contributed by atoms with Crippen LogP contribution in [0.15, 0.2) is 48.5 Å². The molecule has 0 amide bonds. The summed E-state index contributed by atoms with van der Waals surface area (Å²) in [7, 11) is 1.73. The number of methoxy groups -OCH3 is 1. The Balaban J connectivity index is 1.29. The molecule has 0 unspecified atom stereocenters. The molecule has 0 N–H and O–H groups in total. The van der Waals surface area contributed by atoms with Crippen LogP contribution in [0.4, 0.5) is 11.4 Å². The van der Waals surface area contributed by atoms with Crippen molar-refractivity contribution in [1.82, 2.24) is 4.90 Å². The van der Waals surface area contributed by atoms with Gasteiger partial charge in [0.05, 0.1) is 17.7 Å². The number of anilines is 1. The smallest absolute Gasteiger partial charge is 0.269 e. The monoisotopic (exact) mass is 395 g/mol. The highest BCUT2D eigenvalue weighted by Crippen LogP contribution is 2.36. The SMILES string of the molecule is COc1ccccc1N1CCN([C@H]2CC[C@H](c3ccc([N+](=O)[O-])cc3)CC2)CC1. The lowest BCUT2D eigenvalue weighted by atomic mass is 9.81. The van der Waals surface area contributed by atoms with Gasteiger partial charge in [0.1, 0.15) is 5.75 Å². The van der Waals surface area contributed by atoms with Crippen molar-refractivity contribution in [2.24, 2.45) is 0 Å². The number of piperazine rings is 1. The Morgan fingerprint density at radius 3 is 2.21 bits per heavy atom. The lowest BCUT2D eigenvalue weighted by Gasteiger charge is -2.43. The summed E-state index contributed by atoms with van der Waals surface area (Å²) < 4.78 is 5.52. The minimum Gasteiger partial charge on any atom is -0.495 e. The number of nitrogens with zero attached hydrogens (tertiary/aromatic N) is 3. The van der Waals surface area contributed by atoms with E-state index in [1.54, 1.807) is 19.2 Å². The predicted octanol–water partition coefficient (Wildman–Crippen LogP) is 4.45. The highest BCUT2D eigenvalue weighted by atomic mass is 16.6. The second kappa shape index (κ2) is 8.82. The fourth-order valence-electron chi connectivity index (χ4n) is 4.86. The van der Waals surface area contributed by atoms with E-state index in [2.05, 4.69) is 21.9 Å². The molecule has 6 heteroatoms. The Morgan fingerprint density at radius 2 is 1.59 bits per heavy atom. The predicted molar refractivity (Wildman–Crippen MR) is 115 cm³/mol. The number of non-ortho nitro benzene ring substituents is 1. The lowest BCUT2D eigenvalue weighted by molar-refractivity contribution is -0.384. The largest absolute Gasteiger partial charge is 0.495 e. The zero-order valence-electron chi connectivity index (χ0n) is 17.0. The number of para-hydroxylation sites is 2. The fraction of sp³-hybridized carbons (Fsp3) is 0.478. The number of ether oxygens (including phenoxy) is 1. The number of nitro groups is 1. The Hall–Kier alpha value is -2.60. The first-order valence-electron chi connectivity index (χ1n) is 10.5. The van der Waals surface area contributed by atoms with E-state index >= 15 is 0 Å². The molecule has 0 bridgehead atoms. The Kier molecular flexibility index (Phi) is 6.00. The van der Waals surface area contributed by atoms with Crippen LogP contribution >= 0.6 is 0 Å². The fourth-order valence-corrected chi connectivity index (χ4v) is 4.86. The molecule has 0 atom stereocenters. The van der Waals surface area contributed by atoms with Gasteiger partial charge in [-0.1, -0.05) is 24.3 Å². The van der Waals surface area contributed by atoms with E-state index < -0.39 is 0 Å².